The quantitative estimate of drug-likeness (QED) is 0.746. The Morgan fingerprint density at radius 2 is 1.77 bits per heavy atom. The van der Waals surface area contributed by atoms with E-state index in [2.05, 4.69) is 27.7 Å². The third kappa shape index (κ3) is 3.07. The number of hydrogen-bond acceptors (Lipinski definition) is 3. The number of ketones is 1. The fourth-order valence-electron chi connectivity index (χ4n) is 4.15. The van der Waals surface area contributed by atoms with Gasteiger partial charge < -0.3 is 9.47 Å². The van der Waals surface area contributed by atoms with Crippen molar-refractivity contribution in [2.45, 2.75) is 64.3 Å². The number of fused-ring (bicyclic) bond motifs is 1. The van der Waals surface area contributed by atoms with Gasteiger partial charge in [0.1, 0.15) is 19.7 Å². The van der Waals surface area contributed by atoms with Gasteiger partial charge in [-0.1, -0.05) is 17.6 Å². The van der Waals surface area contributed by atoms with Gasteiger partial charge >= 0.3 is 0 Å². The zero-order valence-corrected chi connectivity index (χ0v) is 14.2. The highest BCUT2D eigenvalue weighted by molar-refractivity contribution is 6.32. The Hall–Kier alpha value is -1.29. The van der Waals surface area contributed by atoms with Crippen LogP contribution in [-0.2, 0) is 4.74 Å². The highest BCUT2D eigenvalue weighted by atomic mass is 16.5. The van der Waals surface area contributed by atoms with Crippen molar-refractivity contribution < 1.29 is 14.3 Å². The highest BCUT2D eigenvalue weighted by Crippen LogP contribution is 2.43. The molecule has 0 spiro atoms. The Kier molecular flexibility index (Phi) is 3.63. The van der Waals surface area contributed by atoms with E-state index in [1.54, 1.807) is 0 Å². The molecule has 1 atom stereocenters. The molecule has 1 aromatic carbocycles. The second-order valence-electron chi connectivity index (χ2n) is 8.07. The van der Waals surface area contributed by atoms with Crippen LogP contribution in [0.15, 0.2) is 18.2 Å². The zero-order valence-electron chi connectivity index (χ0n) is 14.2. The van der Waals surface area contributed by atoms with Crippen LogP contribution in [0.3, 0.4) is 0 Å². The van der Waals surface area contributed by atoms with E-state index >= 15 is 0 Å². The van der Waals surface area contributed by atoms with Crippen LogP contribution in [0.25, 0.3) is 0 Å². The van der Waals surface area contributed by atoms with Crippen LogP contribution in [0.2, 0.25) is 0 Å². The molecule has 0 saturated carbocycles. The molecule has 0 aliphatic carbocycles. The minimum absolute atomic E-state index is 0.0369. The van der Waals surface area contributed by atoms with Gasteiger partial charge in [0, 0.05) is 12.3 Å². The Bertz CT molecular complexity index is 590. The van der Waals surface area contributed by atoms with Crippen molar-refractivity contribution in [3.63, 3.8) is 0 Å². The van der Waals surface area contributed by atoms with Crippen LogP contribution < -0.4 is 10.2 Å². The van der Waals surface area contributed by atoms with Gasteiger partial charge in [0.15, 0.2) is 5.78 Å². The number of Topliss-reactive ketones (excluding diaryl/α,β-unsaturated/α-hetero) is 1. The summed E-state index contributed by atoms with van der Waals surface area (Å²) < 4.78 is 12.4. The van der Waals surface area contributed by atoms with Crippen molar-refractivity contribution in [1.29, 1.82) is 0 Å². The summed E-state index contributed by atoms with van der Waals surface area (Å²) in [5.41, 5.74) is 1.49. The summed E-state index contributed by atoms with van der Waals surface area (Å²) in [6.45, 7) is 8.51. The normalized spacial score (nSPS) is 27.1. The molecule has 1 unspecified atom stereocenters. The molecule has 0 amide bonds. The molecule has 118 valence electrons. The highest BCUT2D eigenvalue weighted by Gasteiger charge is 2.44. The van der Waals surface area contributed by atoms with Gasteiger partial charge in [-0.25, -0.2) is 0 Å². The van der Waals surface area contributed by atoms with Gasteiger partial charge in [0.2, 0.25) is 0 Å². The second-order valence-corrected chi connectivity index (χ2v) is 8.07. The average Bonchev–Trinajstić information content (AvgIpc) is 2.35. The molecule has 1 aromatic rings. The SMILES string of the molecule is Bc1ccc2c(c1)C(=O)CC(C1CC(C)(C)OC(C)(C)C1)O2. The molecule has 0 N–H and O–H groups in total. The first-order valence-electron chi connectivity index (χ1n) is 8.16. The fraction of sp³-hybridized carbons (Fsp3) is 0.611. The lowest BCUT2D eigenvalue weighted by atomic mass is 9.76. The molecule has 0 radical (unpaired) electrons. The maximum absolute atomic E-state index is 12.5. The molecular formula is C18H25BO3. The molecule has 22 heavy (non-hydrogen) atoms. The van der Waals surface area contributed by atoms with Crippen LogP contribution in [0.5, 0.6) is 5.75 Å². The third-order valence-electron chi connectivity index (χ3n) is 4.69. The van der Waals surface area contributed by atoms with Gasteiger partial charge in [0.25, 0.3) is 0 Å². The number of hydrogen-bond donors (Lipinski definition) is 0. The number of carbonyl (C=O) groups excluding carboxylic acids is 1. The first kappa shape index (κ1) is 15.6. The maximum Gasteiger partial charge on any atom is 0.170 e. The Morgan fingerprint density at radius 3 is 2.41 bits per heavy atom. The topological polar surface area (TPSA) is 35.5 Å². The standard InChI is InChI=1S/C18H25BO3/c1-17(2)9-11(10-18(3,4)22-17)16-8-14(20)13-7-12(19)5-6-15(13)21-16/h5-7,11,16H,8-10,19H2,1-4H3. The summed E-state index contributed by atoms with van der Waals surface area (Å²) in [5, 5.41) is 0. The fourth-order valence-corrected chi connectivity index (χ4v) is 4.15. The van der Waals surface area contributed by atoms with E-state index in [0.29, 0.717) is 12.3 Å². The third-order valence-corrected chi connectivity index (χ3v) is 4.69. The molecule has 2 aliphatic heterocycles. The van der Waals surface area contributed by atoms with E-state index in [1.165, 1.54) is 0 Å². The van der Waals surface area contributed by atoms with Gasteiger partial charge in [-0.15, -0.1) is 0 Å². The lowest BCUT2D eigenvalue weighted by molar-refractivity contribution is -0.183. The minimum Gasteiger partial charge on any atom is -0.489 e. The predicted octanol–water partition coefficient (Wildman–Crippen LogP) is 2.26. The molecular weight excluding hydrogens is 275 g/mol. The monoisotopic (exact) mass is 300 g/mol. The van der Waals surface area contributed by atoms with Crippen molar-refractivity contribution in [1.82, 2.24) is 0 Å². The average molecular weight is 300 g/mol. The maximum atomic E-state index is 12.5. The van der Waals surface area contributed by atoms with E-state index in [-0.39, 0.29) is 23.1 Å². The molecule has 3 nitrogen and oxygen atoms in total. The number of ether oxygens (including phenoxy) is 2. The molecule has 3 rings (SSSR count). The van der Waals surface area contributed by atoms with Crippen molar-refractivity contribution in [2.24, 2.45) is 5.92 Å². The lowest BCUT2D eigenvalue weighted by Gasteiger charge is -2.47. The number of rotatable bonds is 1. The summed E-state index contributed by atoms with van der Waals surface area (Å²) >= 11 is 0. The van der Waals surface area contributed by atoms with Crippen LogP contribution >= 0.6 is 0 Å². The van der Waals surface area contributed by atoms with E-state index in [0.717, 1.165) is 29.6 Å². The van der Waals surface area contributed by atoms with Crippen LogP contribution in [0.1, 0.15) is 57.3 Å². The van der Waals surface area contributed by atoms with Crippen LogP contribution in [0.4, 0.5) is 0 Å². The second kappa shape index (κ2) is 5.12. The van der Waals surface area contributed by atoms with Gasteiger partial charge in [-0.3, -0.25) is 4.79 Å². The number of benzene rings is 1. The predicted molar refractivity (Wildman–Crippen MR) is 90.0 cm³/mol. The van der Waals surface area contributed by atoms with E-state index < -0.39 is 0 Å². The zero-order chi connectivity index (χ0) is 16.1. The summed E-state index contributed by atoms with van der Waals surface area (Å²) in [5.74, 6) is 1.29. The molecule has 2 heterocycles. The van der Waals surface area contributed by atoms with E-state index in [9.17, 15) is 4.79 Å². The van der Waals surface area contributed by atoms with Crippen molar-refractivity contribution in [2.75, 3.05) is 0 Å². The van der Waals surface area contributed by atoms with Crippen molar-refractivity contribution >= 4 is 19.1 Å². The lowest BCUT2D eigenvalue weighted by Crippen LogP contribution is -2.50. The molecule has 2 aliphatic rings. The first-order chi connectivity index (χ1) is 10.2. The Labute approximate surface area is 133 Å². The van der Waals surface area contributed by atoms with E-state index in [4.69, 9.17) is 9.47 Å². The molecule has 0 aromatic heterocycles. The van der Waals surface area contributed by atoms with Gasteiger partial charge in [-0.05, 0) is 46.6 Å². The summed E-state index contributed by atoms with van der Waals surface area (Å²) in [6, 6.07) is 5.88. The summed E-state index contributed by atoms with van der Waals surface area (Å²) in [7, 11) is 2.00. The first-order valence-corrected chi connectivity index (χ1v) is 8.16. The van der Waals surface area contributed by atoms with Gasteiger partial charge in [-0.2, -0.15) is 0 Å². The smallest absolute Gasteiger partial charge is 0.170 e. The number of carbonyl (C=O) groups is 1. The molecule has 1 saturated heterocycles. The van der Waals surface area contributed by atoms with Crippen molar-refractivity contribution in [3.8, 4) is 5.75 Å². The Balaban J connectivity index is 1.85. The van der Waals surface area contributed by atoms with Crippen LogP contribution in [0, 0.1) is 5.92 Å². The molecule has 0 bridgehead atoms. The van der Waals surface area contributed by atoms with Crippen LogP contribution in [-0.4, -0.2) is 30.9 Å². The summed E-state index contributed by atoms with van der Waals surface area (Å²) in [6.07, 6.45) is 2.29. The molecule has 1 fully saturated rings. The molecule has 4 heteroatoms. The summed E-state index contributed by atoms with van der Waals surface area (Å²) in [4.78, 5) is 12.5. The van der Waals surface area contributed by atoms with Gasteiger partial charge in [0.05, 0.1) is 16.8 Å². The van der Waals surface area contributed by atoms with Crippen molar-refractivity contribution in [3.05, 3.63) is 23.8 Å². The largest absolute Gasteiger partial charge is 0.489 e. The Morgan fingerprint density at radius 1 is 1.14 bits per heavy atom. The minimum atomic E-state index is -0.174. The van der Waals surface area contributed by atoms with E-state index in [1.807, 2.05) is 26.0 Å².